The van der Waals surface area contributed by atoms with Crippen LogP contribution in [-0.2, 0) is 21.9 Å². The van der Waals surface area contributed by atoms with E-state index in [4.69, 9.17) is 0 Å². The molecule has 0 fully saturated rings. The first-order valence-electron chi connectivity index (χ1n) is 5.75. The number of nitrogens with one attached hydrogen (secondary N) is 2. The lowest BCUT2D eigenvalue weighted by atomic mass is 10.3. The number of rotatable bonds is 5. The second kappa shape index (κ2) is 5.73. The van der Waals surface area contributed by atoms with Crippen LogP contribution in [0, 0.1) is 0 Å². The molecule has 9 heteroatoms. The molecule has 1 unspecified atom stereocenters. The lowest BCUT2D eigenvalue weighted by Crippen LogP contribution is -2.41. The minimum Gasteiger partial charge on any atom is -0.308 e. The third kappa shape index (κ3) is 3.44. The highest BCUT2D eigenvalue weighted by atomic mass is 32.2. The van der Waals surface area contributed by atoms with Crippen LogP contribution in [0.5, 0.6) is 0 Å². The van der Waals surface area contributed by atoms with Crippen molar-refractivity contribution in [2.75, 3.05) is 5.32 Å². The van der Waals surface area contributed by atoms with Crippen LogP contribution in [0.2, 0.25) is 0 Å². The predicted octanol–water partition coefficient (Wildman–Crippen LogP) is 0.787. The van der Waals surface area contributed by atoms with Gasteiger partial charge in [-0.25, -0.2) is 8.42 Å². The molecule has 1 atom stereocenters. The largest absolute Gasteiger partial charge is 0.308 e. The number of carbonyl (C=O) groups excluding carboxylic acids is 1. The summed E-state index contributed by atoms with van der Waals surface area (Å²) in [6, 6.07) is 3.84. The molecular formula is C11H14N4O3S2. The molecule has 1 amide bonds. The summed E-state index contributed by atoms with van der Waals surface area (Å²) < 4.78 is 28.0. The fourth-order valence-electron chi connectivity index (χ4n) is 1.48. The molecule has 0 saturated heterocycles. The number of aromatic nitrogens is 2. The monoisotopic (exact) mass is 314 g/mol. The zero-order valence-corrected chi connectivity index (χ0v) is 12.5. The van der Waals surface area contributed by atoms with Crippen molar-refractivity contribution >= 4 is 33.1 Å². The minimum absolute atomic E-state index is 0.176. The molecule has 0 bridgehead atoms. The molecule has 0 spiro atoms. The van der Waals surface area contributed by atoms with E-state index in [9.17, 15) is 13.2 Å². The van der Waals surface area contributed by atoms with Crippen LogP contribution in [0.4, 0.5) is 5.82 Å². The van der Waals surface area contributed by atoms with Crippen molar-refractivity contribution in [3.63, 3.8) is 0 Å². The summed E-state index contributed by atoms with van der Waals surface area (Å²) in [6.07, 6.45) is 1.68. The zero-order chi connectivity index (χ0) is 14.8. The van der Waals surface area contributed by atoms with E-state index in [-0.39, 0.29) is 4.21 Å². The van der Waals surface area contributed by atoms with Crippen LogP contribution >= 0.6 is 11.3 Å². The number of anilines is 1. The SMILES string of the molecule is CC(NS(=O)(=O)c1cccs1)C(=O)Nc1ccn(C)n1. The highest BCUT2D eigenvalue weighted by molar-refractivity contribution is 7.91. The van der Waals surface area contributed by atoms with E-state index in [2.05, 4.69) is 15.1 Å². The second-order valence-electron chi connectivity index (χ2n) is 4.14. The number of amides is 1. The summed E-state index contributed by atoms with van der Waals surface area (Å²) in [5.41, 5.74) is 0. The zero-order valence-electron chi connectivity index (χ0n) is 10.9. The van der Waals surface area contributed by atoms with Crippen molar-refractivity contribution in [3.05, 3.63) is 29.8 Å². The van der Waals surface area contributed by atoms with Gasteiger partial charge in [-0.15, -0.1) is 11.3 Å². The molecule has 2 rings (SSSR count). The van der Waals surface area contributed by atoms with Gasteiger partial charge in [0.25, 0.3) is 10.0 Å². The van der Waals surface area contributed by atoms with Crippen molar-refractivity contribution in [1.82, 2.24) is 14.5 Å². The molecule has 0 aromatic carbocycles. The summed E-state index contributed by atoms with van der Waals surface area (Å²) in [5.74, 6) is -0.0940. The summed E-state index contributed by atoms with van der Waals surface area (Å²) in [5, 5.41) is 8.18. The number of thiophene rings is 1. The van der Waals surface area contributed by atoms with Crippen LogP contribution < -0.4 is 10.0 Å². The first kappa shape index (κ1) is 14.7. The normalized spacial score (nSPS) is 13.1. The fraction of sp³-hybridized carbons (Fsp3) is 0.273. The molecule has 0 aliphatic carbocycles. The number of carbonyl (C=O) groups is 1. The molecule has 0 aliphatic heterocycles. The molecule has 2 N–H and O–H groups in total. The van der Waals surface area contributed by atoms with Crippen molar-refractivity contribution < 1.29 is 13.2 Å². The van der Waals surface area contributed by atoms with Gasteiger partial charge in [0.05, 0.1) is 6.04 Å². The Kier molecular flexibility index (Phi) is 4.21. The smallest absolute Gasteiger partial charge is 0.250 e. The minimum atomic E-state index is -3.67. The topological polar surface area (TPSA) is 93.1 Å². The Morgan fingerprint density at radius 2 is 2.20 bits per heavy atom. The van der Waals surface area contributed by atoms with Gasteiger partial charge in [0, 0.05) is 19.3 Å². The fourth-order valence-corrected chi connectivity index (χ4v) is 3.69. The van der Waals surface area contributed by atoms with Gasteiger partial charge in [-0.1, -0.05) is 6.07 Å². The standard InChI is InChI=1S/C11H14N4O3S2/c1-8(11(16)12-9-5-6-15(2)13-9)14-20(17,18)10-4-3-7-19-10/h3-8,14H,1-2H3,(H,12,13,16). The third-order valence-corrected chi connectivity index (χ3v) is 5.39. The summed E-state index contributed by atoms with van der Waals surface area (Å²) >= 11 is 1.09. The van der Waals surface area contributed by atoms with Gasteiger partial charge >= 0.3 is 0 Å². The van der Waals surface area contributed by atoms with Crippen molar-refractivity contribution in [2.45, 2.75) is 17.2 Å². The quantitative estimate of drug-likeness (QED) is 0.853. The highest BCUT2D eigenvalue weighted by Gasteiger charge is 2.23. The van der Waals surface area contributed by atoms with Gasteiger partial charge in [0.1, 0.15) is 4.21 Å². The van der Waals surface area contributed by atoms with E-state index in [1.807, 2.05) is 0 Å². The van der Waals surface area contributed by atoms with E-state index in [0.29, 0.717) is 5.82 Å². The van der Waals surface area contributed by atoms with Crippen LogP contribution in [0.25, 0.3) is 0 Å². The molecule has 0 aliphatic rings. The number of hydrogen-bond donors (Lipinski definition) is 2. The second-order valence-corrected chi connectivity index (χ2v) is 7.03. The first-order chi connectivity index (χ1) is 9.38. The maximum Gasteiger partial charge on any atom is 0.250 e. The highest BCUT2D eigenvalue weighted by Crippen LogP contribution is 2.15. The van der Waals surface area contributed by atoms with E-state index in [0.717, 1.165) is 11.3 Å². The van der Waals surface area contributed by atoms with E-state index < -0.39 is 22.0 Å². The van der Waals surface area contributed by atoms with Gasteiger partial charge < -0.3 is 5.32 Å². The van der Waals surface area contributed by atoms with E-state index in [1.165, 1.54) is 17.7 Å². The maximum atomic E-state index is 12.0. The molecule has 2 aromatic heterocycles. The Morgan fingerprint density at radius 1 is 1.45 bits per heavy atom. The summed E-state index contributed by atoms with van der Waals surface area (Å²) in [6.45, 7) is 1.48. The number of aryl methyl sites for hydroxylation is 1. The van der Waals surface area contributed by atoms with Gasteiger partial charge in [-0.2, -0.15) is 9.82 Å². The lowest BCUT2D eigenvalue weighted by molar-refractivity contribution is -0.117. The Labute approximate surface area is 120 Å². The Morgan fingerprint density at radius 3 is 2.75 bits per heavy atom. The number of nitrogens with zero attached hydrogens (tertiary/aromatic N) is 2. The van der Waals surface area contributed by atoms with Crippen molar-refractivity contribution in [2.24, 2.45) is 7.05 Å². The van der Waals surface area contributed by atoms with Gasteiger partial charge in [0.15, 0.2) is 5.82 Å². The van der Waals surface area contributed by atoms with E-state index >= 15 is 0 Å². The summed E-state index contributed by atoms with van der Waals surface area (Å²) in [7, 11) is -1.95. The number of sulfonamides is 1. The third-order valence-electron chi connectivity index (χ3n) is 2.45. The molecule has 7 nitrogen and oxygen atoms in total. The Balaban J connectivity index is 2.01. The Bertz CT molecular complexity index is 691. The average Bonchev–Trinajstić information content (AvgIpc) is 3.00. The Hall–Kier alpha value is -1.71. The van der Waals surface area contributed by atoms with Gasteiger partial charge in [-0.3, -0.25) is 9.48 Å². The average molecular weight is 314 g/mol. The molecular weight excluding hydrogens is 300 g/mol. The molecule has 0 saturated carbocycles. The molecule has 108 valence electrons. The van der Waals surface area contributed by atoms with Crippen LogP contribution in [-0.4, -0.2) is 30.1 Å². The van der Waals surface area contributed by atoms with E-state index in [1.54, 1.807) is 30.8 Å². The maximum absolute atomic E-state index is 12.0. The van der Waals surface area contributed by atoms with Crippen LogP contribution in [0.3, 0.4) is 0 Å². The summed E-state index contributed by atoms with van der Waals surface area (Å²) in [4.78, 5) is 11.9. The van der Waals surface area contributed by atoms with Gasteiger partial charge in [-0.05, 0) is 18.4 Å². The van der Waals surface area contributed by atoms with Gasteiger partial charge in [0.2, 0.25) is 5.91 Å². The molecule has 2 heterocycles. The van der Waals surface area contributed by atoms with Crippen LogP contribution in [0.1, 0.15) is 6.92 Å². The predicted molar refractivity (Wildman–Crippen MR) is 75.9 cm³/mol. The number of hydrogen-bond acceptors (Lipinski definition) is 5. The van der Waals surface area contributed by atoms with Crippen molar-refractivity contribution in [3.8, 4) is 0 Å². The molecule has 20 heavy (non-hydrogen) atoms. The first-order valence-corrected chi connectivity index (χ1v) is 8.11. The molecule has 2 aromatic rings. The molecule has 0 radical (unpaired) electrons. The van der Waals surface area contributed by atoms with Crippen LogP contribution in [0.15, 0.2) is 34.0 Å². The van der Waals surface area contributed by atoms with Crippen molar-refractivity contribution in [1.29, 1.82) is 0 Å². The lowest BCUT2D eigenvalue weighted by Gasteiger charge is -2.12.